The van der Waals surface area contributed by atoms with Crippen LogP contribution in [-0.2, 0) is 9.59 Å². The van der Waals surface area contributed by atoms with Gasteiger partial charge in [0.15, 0.2) is 0 Å². The number of non-ortho nitro benzene ring substituents is 1. The molecule has 154 valence electrons. The van der Waals surface area contributed by atoms with E-state index in [4.69, 9.17) is 0 Å². The molecule has 3 amide bonds. The minimum atomic E-state index is -0.607. The lowest BCUT2D eigenvalue weighted by atomic mass is 10.1. The molecule has 3 rings (SSSR count). The van der Waals surface area contributed by atoms with Gasteiger partial charge in [0.25, 0.3) is 16.8 Å². The van der Waals surface area contributed by atoms with Crippen LogP contribution in [0.5, 0.6) is 0 Å². The maximum absolute atomic E-state index is 12.6. The van der Waals surface area contributed by atoms with E-state index in [1.165, 1.54) is 24.3 Å². The molecule has 30 heavy (non-hydrogen) atoms. The van der Waals surface area contributed by atoms with Crippen LogP contribution in [0.1, 0.15) is 22.3 Å². The maximum Gasteiger partial charge on any atom is 0.294 e. The average Bonchev–Trinajstić information content (AvgIpc) is 2.92. The van der Waals surface area contributed by atoms with Crippen molar-refractivity contribution in [2.24, 2.45) is 0 Å². The van der Waals surface area contributed by atoms with Crippen LogP contribution in [-0.4, -0.2) is 33.4 Å². The van der Waals surface area contributed by atoms with Crippen LogP contribution in [0.15, 0.2) is 41.3 Å². The summed E-state index contributed by atoms with van der Waals surface area (Å²) < 4.78 is 0. The first-order chi connectivity index (χ1) is 14.2. The summed E-state index contributed by atoms with van der Waals surface area (Å²) in [5.41, 5.74) is 3.81. The Kier molecular flexibility index (Phi) is 6.02. The van der Waals surface area contributed by atoms with Gasteiger partial charge < -0.3 is 5.32 Å². The number of nitrogens with zero attached hydrogens (tertiary/aromatic N) is 2. The molecule has 2 aromatic rings. The van der Waals surface area contributed by atoms with Crippen molar-refractivity contribution in [2.75, 3.05) is 11.9 Å². The lowest BCUT2D eigenvalue weighted by Crippen LogP contribution is -2.36. The predicted octanol–water partition coefficient (Wildman–Crippen LogP) is 4.20. The molecule has 0 saturated carbocycles. The van der Waals surface area contributed by atoms with Gasteiger partial charge in [0, 0.05) is 17.8 Å². The van der Waals surface area contributed by atoms with Crippen molar-refractivity contribution >= 4 is 46.3 Å². The van der Waals surface area contributed by atoms with E-state index < -0.39 is 28.5 Å². The minimum Gasteiger partial charge on any atom is -0.324 e. The minimum absolute atomic E-state index is 0.107. The Morgan fingerprint density at radius 3 is 2.47 bits per heavy atom. The number of benzene rings is 2. The van der Waals surface area contributed by atoms with Crippen molar-refractivity contribution in [3.05, 3.63) is 73.7 Å². The Morgan fingerprint density at radius 1 is 1.17 bits per heavy atom. The summed E-state index contributed by atoms with van der Waals surface area (Å²) in [5.74, 6) is -1.09. The van der Waals surface area contributed by atoms with Gasteiger partial charge in [-0.3, -0.25) is 29.4 Å². The molecule has 1 fully saturated rings. The van der Waals surface area contributed by atoms with E-state index in [0.29, 0.717) is 23.0 Å². The third kappa shape index (κ3) is 4.57. The van der Waals surface area contributed by atoms with Gasteiger partial charge in [-0.15, -0.1) is 0 Å². The van der Waals surface area contributed by atoms with Crippen molar-refractivity contribution in [2.45, 2.75) is 20.8 Å². The fourth-order valence-corrected chi connectivity index (χ4v) is 4.05. The highest BCUT2D eigenvalue weighted by Gasteiger charge is 2.36. The number of amides is 3. The standard InChI is InChI=1S/C21H19N3O5S/c1-12-7-13(2)19(14(3)8-12)22-18(25)11-23-20(26)17(30-21(23)27)10-15-5-4-6-16(9-15)24(28)29/h4-10H,11H2,1-3H3,(H,22,25)/b17-10+. The van der Waals surface area contributed by atoms with Gasteiger partial charge in [0.2, 0.25) is 5.91 Å². The van der Waals surface area contributed by atoms with Gasteiger partial charge in [-0.25, -0.2) is 0 Å². The molecular formula is C21H19N3O5S. The molecule has 1 heterocycles. The number of imide groups is 1. The van der Waals surface area contributed by atoms with E-state index in [-0.39, 0.29) is 10.6 Å². The van der Waals surface area contributed by atoms with Crippen LogP contribution in [0, 0.1) is 30.9 Å². The molecule has 0 unspecified atom stereocenters. The molecule has 1 N–H and O–H groups in total. The summed E-state index contributed by atoms with van der Waals surface area (Å²) in [6.45, 7) is 5.29. The number of nitro groups is 1. The number of rotatable bonds is 5. The smallest absolute Gasteiger partial charge is 0.294 e. The number of nitro benzene ring substituents is 1. The molecule has 0 aromatic heterocycles. The number of anilines is 1. The number of carbonyl (C=O) groups is 3. The van der Waals surface area contributed by atoms with Gasteiger partial charge in [-0.2, -0.15) is 0 Å². The molecule has 0 atom stereocenters. The molecule has 0 aliphatic carbocycles. The highest BCUT2D eigenvalue weighted by Crippen LogP contribution is 2.32. The molecule has 1 aliphatic rings. The zero-order valence-corrected chi connectivity index (χ0v) is 17.4. The Labute approximate surface area is 177 Å². The Hall–Kier alpha value is -3.46. The molecule has 8 nitrogen and oxygen atoms in total. The normalized spacial score (nSPS) is 15.0. The van der Waals surface area contributed by atoms with Gasteiger partial charge >= 0.3 is 0 Å². The molecule has 0 bridgehead atoms. The Balaban J connectivity index is 1.75. The summed E-state index contributed by atoms with van der Waals surface area (Å²) in [7, 11) is 0. The molecule has 0 radical (unpaired) electrons. The maximum atomic E-state index is 12.6. The van der Waals surface area contributed by atoms with Crippen molar-refractivity contribution in [3.8, 4) is 0 Å². The summed E-state index contributed by atoms with van der Waals surface area (Å²) >= 11 is 0.696. The summed E-state index contributed by atoms with van der Waals surface area (Å²) in [6, 6.07) is 9.60. The highest BCUT2D eigenvalue weighted by atomic mass is 32.2. The third-order valence-corrected chi connectivity index (χ3v) is 5.40. The number of hydrogen-bond donors (Lipinski definition) is 1. The van der Waals surface area contributed by atoms with Gasteiger partial charge in [-0.1, -0.05) is 29.8 Å². The highest BCUT2D eigenvalue weighted by molar-refractivity contribution is 8.18. The van der Waals surface area contributed by atoms with Crippen molar-refractivity contribution in [1.82, 2.24) is 4.90 Å². The van der Waals surface area contributed by atoms with E-state index >= 15 is 0 Å². The number of nitrogens with one attached hydrogen (secondary N) is 1. The average molecular weight is 425 g/mol. The quantitative estimate of drug-likeness (QED) is 0.437. The molecule has 9 heteroatoms. The monoisotopic (exact) mass is 425 g/mol. The zero-order chi connectivity index (χ0) is 22.0. The molecule has 0 spiro atoms. The first-order valence-corrected chi connectivity index (χ1v) is 9.85. The fourth-order valence-electron chi connectivity index (χ4n) is 3.22. The van der Waals surface area contributed by atoms with Gasteiger partial charge in [-0.05, 0) is 55.3 Å². The number of aryl methyl sites for hydroxylation is 3. The largest absolute Gasteiger partial charge is 0.324 e. The number of carbonyl (C=O) groups excluding carboxylic acids is 3. The number of hydrogen-bond acceptors (Lipinski definition) is 6. The fraction of sp³-hybridized carbons (Fsp3) is 0.190. The predicted molar refractivity (Wildman–Crippen MR) is 115 cm³/mol. The molecular weight excluding hydrogens is 406 g/mol. The lowest BCUT2D eigenvalue weighted by molar-refractivity contribution is -0.384. The number of thioether (sulfide) groups is 1. The first-order valence-electron chi connectivity index (χ1n) is 9.03. The van der Waals surface area contributed by atoms with Crippen LogP contribution < -0.4 is 5.32 Å². The van der Waals surface area contributed by atoms with Crippen LogP contribution >= 0.6 is 11.8 Å². The molecule has 2 aromatic carbocycles. The third-order valence-electron chi connectivity index (χ3n) is 4.50. The van der Waals surface area contributed by atoms with E-state index in [1.807, 2.05) is 32.9 Å². The Morgan fingerprint density at radius 2 is 1.83 bits per heavy atom. The topological polar surface area (TPSA) is 110 Å². The summed E-state index contributed by atoms with van der Waals surface area (Å²) in [6.07, 6.45) is 1.41. The molecule has 1 aliphatic heterocycles. The van der Waals surface area contributed by atoms with Crippen LogP contribution in [0.4, 0.5) is 16.2 Å². The molecule has 1 saturated heterocycles. The summed E-state index contributed by atoms with van der Waals surface area (Å²) in [5, 5.41) is 13.1. The SMILES string of the molecule is Cc1cc(C)c(NC(=O)CN2C(=O)S/C(=C/c3cccc([N+](=O)[O-])c3)C2=O)c(C)c1. The van der Waals surface area contributed by atoms with E-state index in [1.54, 1.807) is 6.07 Å². The van der Waals surface area contributed by atoms with E-state index in [9.17, 15) is 24.5 Å². The van der Waals surface area contributed by atoms with Crippen molar-refractivity contribution < 1.29 is 19.3 Å². The summed E-state index contributed by atoms with van der Waals surface area (Å²) in [4.78, 5) is 48.7. The van der Waals surface area contributed by atoms with Crippen molar-refractivity contribution in [3.63, 3.8) is 0 Å². The van der Waals surface area contributed by atoms with Gasteiger partial charge in [0.05, 0.1) is 9.83 Å². The van der Waals surface area contributed by atoms with Crippen LogP contribution in [0.2, 0.25) is 0 Å². The van der Waals surface area contributed by atoms with Gasteiger partial charge in [0.1, 0.15) is 6.54 Å². The second kappa shape index (κ2) is 8.50. The van der Waals surface area contributed by atoms with Crippen LogP contribution in [0.25, 0.3) is 6.08 Å². The van der Waals surface area contributed by atoms with E-state index in [0.717, 1.165) is 21.6 Å². The lowest BCUT2D eigenvalue weighted by Gasteiger charge is -2.15. The second-order valence-corrected chi connectivity index (χ2v) is 7.94. The zero-order valence-electron chi connectivity index (χ0n) is 16.6. The van der Waals surface area contributed by atoms with Crippen LogP contribution in [0.3, 0.4) is 0 Å². The Bertz CT molecular complexity index is 1090. The first kappa shape index (κ1) is 21.3. The van der Waals surface area contributed by atoms with E-state index in [2.05, 4.69) is 5.32 Å². The van der Waals surface area contributed by atoms with Crippen molar-refractivity contribution in [1.29, 1.82) is 0 Å². The second-order valence-electron chi connectivity index (χ2n) is 6.94.